The molecule has 0 fully saturated rings. The molecule has 0 spiro atoms. The number of hydrogen-bond acceptors (Lipinski definition) is 8. The zero-order chi connectivity index (χ0) is 20.5. The van der Waals surface area contributed by atoms with Gasteiger partial charge in [-0.25, -0.2) is 14.4 Å². The van der Waals surface area contributed by atoms with Crippen LogP contribution in [0.5, 0.6) is 11.5 Å². The van der Waals surface area contributed by atoms with Gasteiger partial charge in [-0.2, -0.15) is 5.10 Å². The fraction of sp³-hybridized carbons (Fsp3) is 0.222. The first-order valence-electron chi connectivity index (χ1n) is 8.21. The number of carbonyl (C=O) groups excluding carboxylic acids is 1. The molecule has 0 unspecified atom stereocenters. The van der Waals surface area contributed by atoms with Gasteiger partial charge in [0.2, 0.25) is 0 Å². The van der Waals surface area contributed by atoms with Crippen LogP contribution in [0.4, 0.5) is 4.39 Å². The zero-order valence-corrected chi connectivity index (χ0v) is 14.9. The fourth-order valence-corrected chi connectivity index (χ4v) is 2.66. The van der Waals surface area contributed by atoms with Gasteiger partial charge in [-0.05, 0) is 32.0 Å². The largest absolute Gasteiger partial charge is 0.504 e. The summed E-state index contributed by atoms with van der Waals surface area (Å²) in [6.07, 6.45) is 4.01. The van der Waals surface area contributed by atoms with Crippen LogP contribution in [0.25, 0.3) is 11.4 Å². The van der Waals surface area contributed by atoms with Crippen LogP contribution in [-0.2, 0) is 5.97 Å². The van der Waals surface area contributed by atoms with Gasteiger partial charge in [0.1, 0.15) is 28.9 Å². The molecule has 0 saturated carbocycles. The van der Waals surface area contributed by atoms with E-state index in [9.17, 15) is 24.5 Å². The maximum Gasteiger partial charge on any atom is 0.355 e. The average molecular weight is 388 g/mol. The van der Waals surface area contributed by atoms with Crippen molar-refractivity contribution < 1.29 is 29.2 Å². The van der Waals surface area contributed by atoms with Crippen molar-refractivity contribution >= 4 is 6.29 Å². The molecule has 0 aliphatic carbocycles. The van der Waals surface area contributed by atoms with Gasteiger partial charge in [0, 0.05) is 18.4 Å². The summed E-state index contributed by atoms with van der Waals surface area (Å²) in [4.78, 5) is 19.1. The molecule has 0 saturated heterocycles. The van der Waals surface area contributed by atoms with Crippen molar-refractivity contribution in [3.05, 3.63) is 53.9 Å². The van der Waals surface area contributed by atoms with Crippen LogP contribution in [-0.4, -0.2) is 41.4 Å². The van der Waals surface area contributed by atoms with Crippen molar-refractivity contribution in [1.29, 1.82) is 0 Å². The van der Waals surface area contributed by atoms with Gasteiger partial charge in [0.05, 0.1) is 5.69 Å². The Kier molecular flexibility index (Phi) is 5.08. The number of aromatic nitrogens is 4. The van der Waals surface area contributed by atoms with Gasteiger partial charge < -0.3 is 20.1 Å². The highest BCUT2D eigenvalue weighted by Gasteiger charge is 2.35. The lowest BCUT2D eigenvalue weighted by Crippen LogP contribution is -2.34. The third-order valence-electron chi connectivity index (χ3n) is 3.96. The molecule has 9 nitrogen and oxygen atoms in total. The van der Waals surface area contributed by atoms with Crippen molar-refractivity contribution in [3.8, 4) is 22.9 Å². The molecule has 0 atom stereocenters. The first kappa shape index (κ1) is 19.4. The fourth-order valence-electron chi connectivity index (χ4n) is 2.66. The van der Waals surface area contributed by atoms with Crippen LogP contribution < -0.4 is 4.74 Å². The molecule has 28 heavy (non-hydrogen) atoms. The predicted molar refractivity (Wildman–Crippen MR) is 93.8 cm³/mol. The van der Waals surface area contributed by atoms with E-state index in [0.29, 0.717) is 5.69 Å². The second-order valence-electron chi connectivity index (χ2n) is 6.18. The number of carbonyl (C=O) groups is 1. The lowest BCUT2D eigenvalue weighted by Gasteiger charge is -2.25. The lowest BCUT2D eigenvalue weighted by atomic mass is 10.1. The number of rotatable bonds is 6. The van der Waals surface area contributed by atoms with Crippen LogP contribution in [0.15, 0.2) is 36.9 Å². The third-order valence-corrected chi connectivity index (χ3v) is 3.96. The number of ether oxygens (including phenoxy) is 1. The number of nitrogens with zero attached hydrogens (tertiary/aromatic N) is 4. The second-order valence-corrected chi connectivity index (χ2v) is 6.18. The average Bonchev–Trinajstić information content (AvgIpc) is 3.15. The van der Waals surface area contributed by atoms with Gasteiger partial charge in [0.15, 0.2) is 17.9 Å². The molecule has 0 bridgehead atoms. The normalized spacial score (nSPS) is 11.6. The number of aliphatic hydroxyl groups is 2. The van der Waals surface area contributed by atoms with Gasteiger partial charge in [-0.1, -0.05) is 0 Å². The SMILES string of the molecule is CC(C)n1nccc1-c1ncncc1C(O)(O)Oc1ccc(F)c(O)c1C=O. The standard InChI is InChI=1S/C18H17FN4O5/c1-10(2)23-14(5-6-22-23)16-12(7-20-9-21-16)18(26,27)28-15-4-3-13(19)17(25)11(15)8-24/h3-10,25-27H,1-2H3. The molecule has 146 valence electrons. The van der Waals surface area contributed by atoms with Crippen LogP contribution in [0, 0.1) is 5.82 Å². The Labute approximate surface area is 158 Å². The van der Waals surface area contributed by atoms with Gasteiger partial charge in [0.25, 0.3) is 0 Å². The molecule has 0 aliphatic heterocycles. The Bertz CT molecular complexity index is 1020. The van der Waals surface area contributed by atoms with Crippen molar-refractivity contribution in [2.45, 2.75) is 25.9 Å². The van der Waals surface area contributed by atoms with E-state index in [1.165, 1.54) is 12.5 Å². The van der Waals surface area contributed by atoms with Crippen molar-refractivity contribution in [2.24, 2.45) is 0 Å². The van der Waals surface area contributed by atoms with Crippen LogP contribution in [0.2, 0.25) is 0 Å². The number of benzene rings is 1. The van der Waals surface area contributed by atoms with Crippen molar-refractivity contribution in [1.82, 2.24) is 19.7 Å². The Morgan fingerprint density at radius 1 is 1.29 bits per heavy atom. The molecule has 3 N–H and O–H groups in total. The highest BCUT2D eigenvalue weighted by atomic mass is 19.1. The topological polar surface area (TPSA) is 131 Å². The molecular weight excluding hydrogens is 371 g/mol. The van der Waals surface area contributed by atoms with E-state index in [0.717, 1.165) is 18.3 Å². The predicted octanol–water partition coefficient (Wildman–Crippen LogP) is 1.75. The van der Waals surface area contributed by atoms with Crippen molar-refractivity contribution in [2.75, 3.05) is 0 Å². The Hall–Kier alpha value is -3.37. The Morgan fingerprint density at radius 2 is 2.04 bits per heavy atom. The molecule has 10 heteroatoms. The first-order valence-corrected chi connectivity index (χ1v) is 8.21. The maximum atomic E-state index is 13.5. The van der Waals surface area contributed by atoms with E-state index < -0.39 is 28.9 Å². The highest BCUT2D eigenvalue weighted by molar-refractivity contribution is 5.83. The third kappa shape index (κ3) is 3.42. The molecule has 0 aliphatic rings. The van der Waals surface area contributed by atoms with E-state index in [2.05, 4.69) is 15.1 Å². The summed E-state index contributed by atoms with van der Waals surface area (Å²) in [6, 6.07) is 3.39. The summed E-state index contributed by atoms with van der Waals surface area (Å²) in [5.41, 5.74) is -0.206. The number of halogens is 1. The summed E-state index contributed by atoms with van der Waals surface area (Å²) in [5, 5.41) is 35.0. The number of aldehydes is 1. The molecule has 2 aromatic heterocycles. The molecule has 2 heterocycles. The summed E-state index contributed by atoms with van der Waals surface area (Å²) in [7, 11) is 0. The molecule has 0 radical (unpaired) electrons. The monoisotopic (exact) mass is 388 g/mol. The number of hydrogen-bond donors (Lipinski definition) is 3. The smallest absolute Gasteiger partial charge is 0.355 e. The van der Waals surface area contributed by atoms with Gasteiger partial charge >= 0.3 is 5.97 Å². The van der Waals surface area contributed by atoms with Crippen molar-refractivity contribution in [3.63, 3.8) is 0 Å². The molecular formula is C18H17FN4O5. The first-order chi connectivity index (χ1) is 13.3. The molecule has 3 rings (SSSR count). The second kappa shape index (κ2) is 7.33. The summed E-state index contributed by atoms with van der Waals surface area (Å²) < 4.78 is 20.2. The van der Waals surface area contributed by atoms with Crippen LogP contribution in [0.1, 0.15) is 35.8 Å². The number of phenols is 1. The minimum absolute atomic E-state index is 0.0452. The van der Waals surface area contributed by atoms with E-state index in [1.807, 2.05) is 13.8 Å². The van der Waals surface area contributed by atoms with Crippen LogP contribution >= 0.6 is 0 Å². The van der Waals surface area contributed by atoms with Gasteiger partial charge in [-0.15, -0.1) is 0 Å². The van der Waals surface area contributed by atoms with E-state index in [-0.39, 0.29) is 23.6 Å². The minimum atomic E-state index is -3.00. The number of phenolic OH excluding ortho intramolecular Hbond substituents is 1. The van der Waals surface area contributed by atoms with Gasteiger partial charge in [-0.3, -0.25) is 9.48 Å². The minimum Gasteiger partial charge on any atom is -0.504 e. The Balaban J connectivity index is 2.08. The highest BCUT2D eigenvalue weighted by Crippen LogP contribution is 2.35. The van der Waals surface area contributed by atoms with Crippen LogP contribution in [0.3, 0.4) is 0 Å². The summed E-state index contributed by atoms with van der Waals surface area (Å²) >= 11 is 0. The number of aromatic hydroxyl groups is 1. The Morgan fingerprint density at radius 3 is 2.71 bits per heavy atom. The summed E-state index contributed by atoms with van der Waals surface area (Å²) in [6.45, 7) is 3.77. The van der Waals surface area contributed by atoms with E-state index in [4.69, 9.17) is 4.74 Å². The van der Waals surface area contributed by atoms with E-state index in [1.54, 1.807) is 10.7 Å². The van der Waals surface area contributed by atoms with E-state index >= 15 is 0 Å². The molecule has 3 aromatic rings. The lowest BCUT2D eigenvalue weighted by molar-refractivity contribution is -0.304. The zero-order valence-electron chi connectivity index (χ0n) is 14.9. The summed E-state index contributed by atoms with van der Waals surface area (Å²) in [5.74, 6) is -5.46. The maximum absolute atomic E-state index is 13.5. The molecule has 0 amide bonds. The quantitative estimate of drug-likeness (QED) is 0.430. The molecule has 1 aromatic carbocycles.